The number of rotatable bonds is 3. The van der Waals surface area contributed by atoms with Crippen molar-refractivity contribution in [2.45, 2.75) is 70.0 Å². The van der Waals surface area contributed by atoms with E-state index in [-0.39, 0.29) is 12.2 Å². The maximum atomic E-state index is 13.2. The van der Waals surface area contributed by atoms with E-state index in [1.807, 2.05) is 25.1 Å². The summed E-state index contributed by atoms with van der Waals surface area (Å²) in [6, 6.07) is 5.75. The van der Waals surface area contributed by atoms with Crippen molar-refractivity contribution in [1.82, 2.24) is 0 Å². The van der Waals surface area contributed by atoms with Gasteiger partial charge in [-0.3, -0.25) is 9.59 Å². The van der Waals surface area contributed by atoms with E-state index in [4.69, 9.17) is 9.47 Å². The maximum absolute atomic E-state index is 13.2. The van der Waals surface area contributed by atoms with Crippen LogP contribution in [0.1, 0.15) is 58.1 Å². The highest BCUT2D eigenvalue weighted by atomic mass is 16.6. The topological polar surface area (TPSA) is 72.8 Å². The SMILES string of the molecule is COc1cccc2c1C[C@H]1C(=O)[C@]2(C)CCC1(O)CC(=O)OC(C)(C)C. The van der Waals surface area contributed by atoms with Gasteiger partial charge in [0.05, 0.1) is 30.5 Å². The maximum Gasteiger partial charge on any atom is 0.309 e. The van der Waals surface area contributed by atoms with Crippen LogP contribution in [0.5, 0.6) is 5.75 Å². The molecule has 3 atom stereocenters. The van der Waals surface area contributed by atoms with Crippen molar-refractivity contribution < 1.29 is 24.2 Å². The Bertz CT molecular complexity index is 747. The monoisotopic (exact) mass is 360 g/mol. The van der Waals surface area contributed by atoms with Crippen LogP contribution in [-0.4, -0.2) is 35.2 Å². The van der Waals surface area contributed by atoms with E-state index in [1.54, 1.807) is 27.9 Å². The Balaban J connectivity index is 1.96. The molecule has 3 rings (SSSR count). The van der Waals surface area contributed by atoms with Crippen molar-refractivity contribution in [3.8, 4) is 5.75 Å². The van der Waals surface area contributed by atoms with Crippen LogP contribution in [0, 0.1) is 5.92 Å². The first-order valence-corrected chi connectivity index (χ1v) is 9.15. The number of carbonyl (C=O) groups is 2. The van der Waals surface area contributed by atoms with Crippen LogP contribution in [0.4, 0.5) is 0 Å². The lowest BCUT2D eigenvalue weighted by molar-refractivity contribution is -0.168. The van der Waals surface area contributed by atoms with Gasteiger partial charge in [-0.25, -0.2) is 0 Å². The van der Waals surface area contributed by atoms with Gasteiger partial charge in [0.25, 0.3) is 0 Å². The number of ketones is 1. The molecule has 0 amide bonds. The number of hydrogen-bond acceptors (Lipinski definition) is 5. The van der Waals surface area contributed by atoms with Gasteiger partial charge in [-0.15, -0.1) is 0 Å². The summed E-state index contributed by atoms with van der Waals surface area (Å²) < 4.78 is 10.9. The van der Waals surface area contributed by atoms with Crippen molar-refractivity contribution in [3.05, 3.63) is 29.3 Å². The normalized spacial score (nSPS) is 30.5. The zero-order chi connectivity index (χ0) is 19.3. The number of fused-ring (bicyclic) bond motifs is 4. The van der Waals surface area contributed by atoms with E-state index in [9.17, 15) is 14.7 Å². The van der Waals surface area contributed by atoms with Gasteiger partial charge in [0, 0.05) is 0 Å². The number of esters is 1. The summed E-state index contributed by atoms with van der Waals surface area (Å²) >= 11 is 0. The molecule has 5 heteroatoms. The molecule has 0 aromatic heterocycles. The van der Waals surface area contributed by atoms with E-state index >= 15 is 0 Å². The fourth-order valence-corrected chi connectivity index (χ4v) is 4.47. The molecule has 0 saturated heterocycles. The van der Waals surface area contributed by atoms with Crippen LogP contribution in [0.2, 0.25) is 0 Å². The molecule has 0 spiro atoms. The average Bonchev–Trinajstić information content (AvgIpc) is 2.52. The molecule has 2 aliphatic rings. The summed E-state index contributed by atoms with van der Waals surface area (Å²) in [6.45, 7) is 7.31. The van der Waals surface area contributed by atoms with Crippen LogP contribution in [0.25, 0.3) is 0 Å². The van der Waals surface area contributed by atoms with Gasteiger partial charge in [0.2, 0.25) is 0 Å². The van der Waals surface area contributed by atoms with E-state index in [0.29, 0.717) is 19.3 Å². The second-order valence-corrected chi connectivity index (χ2v) is 8.81. The van der Waals surface area contributed by atoms with Gasteiger partial charge in [0.15, 0.2) is 0 Å². The van der Waals surface area contributed by atoms with E-state index in [2.05, 4.69) is 0 Å². The first-order chi connectivity index (χ1) is 12.0. The van der Waals surface area contributed by atoms with Gasteiger partial charge in [-0.05, 0) is 64.2 Å². The van der Waals surface area contributed by atoms with Crippen LogP contribution in [0.3, 0.4) is 0 Å². The number of Topliss-reactive ketones (excluding diaryl/α,β-unsaturated/α-hetero) is 1. The predicted molar refractivity (Wildman–Crippen MR) is 97.2 cm³/mol. The standard InChI is InChI=1S/C21H28O5/c1-19(2,3)26-17(22)12-21(24)10-9-20(4)14-7-6-8-16(25-5)13(14)11-15(21)18(20)23/h6-8,15,24H,9-12H2,1-5H3/t15-,20+,21?/m0/s1. The third-order valence-corrected chi connectivity index (χ3v) is 5.79. The van der Waals surface area contributed by atoms with Gasteiger partial charge in [-0.1, -0.05) is 12.1 Å². The highest BCUT2D eigenvalue weighted by Gasteiger charge is 2.57. The largest absolute Gasteiger partial charge is 0.496 e. The molecule has 1 unspecified atom stereocenters. The van der Waals surface area contributed by atoms with Crippen molar-refractivity contribution in [2.24, 2.45) is 5.92 Å². The summed E-state index contributed by atoms with van der Waals surface area (Å²) in [6.07, 6.45) is 1.12. The smallest absolute Gasteiger partial charge is 0.309 e. The third-order valence-electron chi connectivity index (χ3n) is 5.79. The number of benzene rings is 1. The van der Waals surface area contributed by atoms with E-state index in [1.165, 1.54) is 0 Å². The molecule has 0 radical (unpaired) electrons. The third kappa shape index (κ3) is 3.02. The summed E-state index contributed by atoms with van der Waals surface area (Å²) in [5.74, 6) is -0.358. The molecule has 1 aromatic carbocycles. The number of aliphatic hydroxyl groups is 1. The van der Waals surface area contributed by atoms with Crippen molar-refractivity contribution >= 4 is 11.8 Å². The molecule has 1 aromatic rings. The molecule has 2 bridgehead atoms. The van der Waals surface area contributed by atoms with Gasteiger partial charge >= 0.3 is 5.97 Å². The molecule has 2 aliphatic carbocycles. The van der Waals surface area contributed by atoms with Gasteiger partial charge in [0.1, 0.15) is 17.1 Å². The molecule has 142 valence electrons. The Morgan fingerprint density at radius 2 is 2.00 bits per heavy atom. The minimum absolute atomic E-state index is 0.00978. The average molecular weight is 360 g/mol. The van der Waals surface area contributed by atoms with Crippen molar-refractivity contribution in [2.75, 3.05) is 7.11 Å². The highest BCUT2D eigenvalue weighted by molar-refractivity contribution is 5.96. The Morgan fingerprint density at radius 1 is 1.31 bits per heavy atom. The Hall–Kier alpha value is -1.88. The second kappa shape index (κ2) is 6.08. The van der Waals surface area contributed by atoms with Crippen LogP contribution >= 0.6 is 0 Å². The fraction of sp³-hybridized carbons (Fsp3) is 0.619. The zero-order valence-corrected chi connectivity index (χ0v) is 16.2. The number of carbonyl (C=O) groups excluding carboxylic acids is 2. The summed E-state index contributed by atoms with van der Waals surface area (Å²) in [5.41, 5.74) is -0.699. The molecule has 0 heterocycles. The molecule has 5 nitrogen and oxygen atoms in total. The predicted octanol–water partition coefficient (Wildman–Crippen LogP) is 2.95. The summed E-state index contributed by atoms with van der Waals surface area (Å²) in [4.78, 5) is 25.6. The first kappa shape index (κ1) is 18.9. The fourth-order valence-electron chi connectivity index (χ4n) is 4.47. The molecular weight excluding hydrogens is 332 g/mol. The summed E-state index contributed by atoms with van der Waals surface area (Å²) in [7, 11) is 1.61. The van der Waals surface area contributed by atoms with Crippen LogP contribution in [-0.2, 0) is 26.2 Å². The van der Waals surface area contributed by atoms with Crippen LogP contribution in [0.15, 0.2) is 18.2 Å². The van der Waals surface area contributed by atoms with E-state index < -0.39 is 28.5 Å². The Morgan fingerprint density at radius 3 is 2.62 bits per heavy atom. The number of ether oxygens (including phenoxy) is 2. The highest BCUT2D eigenvalue weighted by Crippen LogP contribution is 2.52. The molecule has 26 heavy (non-hydrogen) atoms. The van der Waals surface area contributed by atoms with Gasteiger partial charge < -0.3 is 14.6 Å². The lowest BCUT2D eigenvalue weighted by atomic mass is 9.54. The number of hydrogen-bond donors (Lipinski definition) is 1. The van der Waals surface area contributed by atoms with Crippen molar-refractivity contribution in [3.63, 3.8) is 0 Å². The molecule has 0 aliphatic heterocycles. The lowest BCUT2D eigenvalue weighted by Gasteiger charge is -2.50. The second-order valence-electron chi connectivity index (χ2n) is 8.81. The molecule has 1 N–H and O–H groups in total. The lowest BCUT2D eigenvalue weighted by Crippen LogP contribution is -2.59. The molecular formula is C21H28O5. The van der Waals surface area contributed by atoms with Gasteiger partial charge in [-0.2, -0.15) is 0 Å². The first-order valence-electron chi connectivity index (χ1n) is 9.15. The minimum Gasteiger partial charge on any atom is -0.496 e. The zero-order valence-electron chi connectivity index (χ0n) is 16.2. The van der Waals surface area contributed by atoms with E-state index in [0.717, 1.165) is 16.9 Å². The number of methoxy groups -OCH3 is 1. The minimum atomic E-state index is -1.38. The van der Waals surface area contributed by atoms with Crippen molar-refractivity contribution in [1.29, 1.82) is 0 Å². The Kier molecular flexibility index (Phi) is 4.42. The van der Waals surface area contributed by atoms with Crippen LogP contribution < -0.4 is 4.74 Å². The summed E-state index contributed by atoms with van der Waals surface area (Å²) in [5, 5.41) is 11.3. The molecule has 1 fully saturated rings. The quantitative estimate of drug-likeness (QED) is 0.839. The molecule has 1 saturated carbocycles. The Labute approximate surface area is 154 Å².